The summed E-state index contributed by atoms with van der Waals surface area (Å²) in [5.74, 6) is 0.750. The van der Waals surface area contributed by atoms with Gasteiger partial charge in [0.05, 0.1) is 6.61 Å². The fraction of sp³-hybridized carbons (Fsp3) is 0.556. The lowest BCUT2D eigenvalue weighted by molar-refractivity contribution is -0.124. The summed E-state index contributed by atoms with van der Waals surface area (Å²) in [6.07, 6.45) is 1.15. The maximum Gasteiger partial charge on any atom is 0.409 e. The fourth-order valence-electron chi connectivity index (χ4n) is 2.48. The summed E-state index contributed by atoms with van der Waals surface area (Å²) in [4.78, 5) is 25.6. The van der Waals surface area contributed by atoms with Crippen molar-refractivity contribution in [3.63, 3.8) is 0 Å². The molecule has 2 rings (SSSR count). The second-order valence-corrected chi connectivity index (χ2v) is 6.98. The molecule has 7 heteroatoms. The quantitative estimate of drug-likeness (QED) is 0.837. The van der Waals surface area contributed by atoms with Gasteiger partial charge >= 0.3 is 6.09 Å². The van der Waals surface area contributed by atoms with Crippen LogP contribution in [0.3, 0.4) is 0 Å². The molecule has 0 atom stereocenters. The van der Waals surface area contributed by atoms with Gasteiger partial charge < -0.3 is 19.7 Å². The molecule has 0 radical (unpaired) electrons. The number of piperidine rings is 1. The number of halogens is 1. The van der Waals surface area contributed by atoms with Crippen LogP contribution in [-0.2, 0) is 9.53 Å². The number of hydrogen-bond acceptors (Lipinski definition) is 4. The van der Waals surface area contributed by atoms with Gasteiger partial charge in [-0.2, -0.15) is 0 Å². The fourth-order valence-corrected chi connectivity index (χ4v) is 2.61. The predicted octanol–water partition coefficient (Wildman–Crippen LogP) is 3.09. The lowest BCUT2D eigenvalue weighted by Crippen LogP contribution is -2.47. The van der Waals surface area contributed by atoms with Crippen molar-refractivity contribution in [2.75, 3.05) is 26.3 Å². The number of carbonyl (C=O) groups is 2. The Morgan fingerprint density at radius 1 is 1.24 bits per heavy atom. The zero-order valence-corrected chi connectivity index (χ0v) is 15.4. The van der Waals surface area contributed by atoms with Crippen LogP contribution >= 0.6 is 11.6 Å². The second kappa shape index (κ2) is 9.51. The van der Waals surface area contributed by atoms with Crippen molar-refractivity contribution >= 4 is 23.6 Å². The van der Waals surface area contributed by atoms with Crippen LogP contribution in [0, 0.1) is 5.92 Å². The van der Waals surface area contributed by atoms with Crippen LogP contribution in [0.1, 0.15) is 26.7 Å². The number of hydrogen-bond donors (Lipinski definition) is 1. The number of nitrogens with zero attached hydrogens (tertiary/aromatic N) is 1. The number of benzene rings is 1. The van der Waals surface area contributed by atoms with E-state index in [1.165, 1.54) is 0 Å². The van der Waals surface area contributed by atoms with Gasteiger partial charge in [-0.05, 0) is 43.0 Å². The van der Waals surface area contributed by atoms with Crippen molar-refractivity contribution in [1.29, 1.82) is 0 Å². The van der Waals surface area contributed by atoms with Gasteiger partial charge in [-0.3, -0.25) is 4.79 Å². The molecule has 1 heterocycles. The van der Waals surface area contributed by atoms with Crippen LogP contribution in [0.2, 0.25) is 5.02 Å². The Hall–Kier alpha value is -1.95. The smallest absolute Gasteiger partial charge is 0.409 e. The zero-order chi connectivity index (χ0) is 18.2. The number of likely N-dealkylation sites (tertiary alicyclic amines) is 1. The molecule has 0 aromatic heterocycles. The minimum atomic E-state index is -0.274. The molecule has 0 spiro atoms. The number of carbonyl (C=O) groups excluding carboxylic acids is 2. The van der Waals surface area contributed by atoms with Gasteiger partial charge in [-0.15, -0.1) is 0 Å². The van der Waals surface area contributed by atoms with E-state index in [0.717, 1.165) is 0 Å². The van der Waals surface area contributed by atoms with E-state index >= 15 is 0 Å². The van der Waals surface area contributed by atoms with Crippen LogP contribution in [0.15, 0.2) is 24.3 Å². The minimum Gasteiger partial charge on any atom is -0.484 e. The van der Waals surface area contributed by atoms with E-state index in [1.54, 1.807) is 29.2 Å². The van der Waals surface area contributed by atoms with Crippen molar-refractivity contribution < 1.29 is 19.1 Å². The number of rotatable bonds is 6. The third-order valence-corrected chi connectivity index (χ3v) is 4.09. The molecule has 0 bridgehead atoms. The molecule has 1 fully saturated rings. The summed E-state index contributed by atoms with van der Waals surface area (Å²) in [6.45, 7) is 5.55. The molecule has 0 unspecified atom stereocenters. The highest BCUT2D eigenvalue weighted by molar-refractivity contribution is 6.30. The van der Waals surface area contributed by atoms with E-state index in [1.807, 2.05) is 13.8 Å². The van der Waals surface area contributed by atoms with Crippen LogP contribution in [0.25, 0.3) is 0 Å². The Kier molecular flexibility index (Phi) is 7.37. The molecule has 1 aromatic carbocycles. The van der Waals surface area contributed by atoms with Crippen molar-refractivity contribution in [3.8, 4) is 5.75 Å². The first-order chi connectivity index (χ1) is 11.9. The third-order valence-electron chi connectivity index (χ3n) is 3.84. The number of nitrogens with one attached hydrogen (secondary N) is 1. The molecule has 0 aliphatic carbocycles. The molecule has 1 saturated heterocycles. The average Bonchev–Trinajstić information content (AvgIpc) is 2.60. The van der Waals surface area contributed by atoms with Gasteiger partial charge in [-0.1, -0.05) is 25.4 Å². The molecule has 1 N–H and O–H groups in total. The van der Waals surface area contributed by atoms with Crippen LogP contribution < -0.4 is 10.1 Å². The first-order valence-corrected chi connectivity index (χ1v) is 8.91. The second-order valence-electron chi connectivity index (χ2n) is 6.54. The van der Waals surface area contributed by atoms with E-state index in [0.29, 0.717) is 49.2 Å². The highest BCUT2D eigenvalue weighted by Gasteiger charge is 2.24. The van der Waals surface area contributed by atoms with E-state index in [4.69, 9.17) is 21.1 Å². The lowest BCUT2D eigenvalue weighted by atomic mass is 10.1. The van der Waals surface area contributed by atoms with Crippen molar-refractivity contribution in [2.45, 2.75) is 32.7 Å². The van der Waals surface area contributed by atoms with Crippen molar-refractivity contribution in [3.05, 3.63) is 29.3 Å². The van der Waals surface area contributed by atoms with Crippen molar-refractivity contribution in [2.24, 2.45) is 5.92 Å². The van der Waals surface area contributed by atoms with Gasteiger partial charge in [0.1, 0.15) is 5.75 Å². The summed E-state index contributed by atoms with van der Waals surface area (Å²) in [6, 6.07) is 6.91. The molecule has 6 nitrogen and oxygen atoms in total. The van der Waals surface area contributed by atoms with E-state index in [9.17, 15) is 9.59 Å². The molecule has 25 heavy (non-hydrogen) atoms. The van der Waals surface area contributed by atoms with Gasteiger partial charge in [0.15, 0.2) is 6.61 Å². The number of ether oxygens (including phenoxy) is 2. The van der Waals surface area contributed by atoms with Gasteiger partial charge in [0.25, 0.3) is 5.91 Å². The predicted molar refractivity (Wildman–Crippen MR) is 95.9 cm³/mol. The Morgan fingerprint density at radius 3 is 2.48 bits per heavy atom. The normalized spacial score (nSPS) is 15.1. The van der Waals surface area contributed by atoms with E-state index < -0.39 is 0 Å². The lowest BCUT2D eigenvalue weighted by Gasteiger charge is -2.31. The summed E-state index contributed by atoms with van der Waals surface area (Å²) in [5, 5.41) is 3.56. The maximum absolute atomic E-state index is 12.0. The van der Waals surface area contributed by atoms with Crippen LogP contribution in [0.4, 0.5) is 4.79 Å². The summed E-state index contributed by atoms with van der Waals surface area (Å²) in [7, 11) is 0. The first-order valence-electron chi connectivity index (χ1n) is 8.53. The molecule has 138 valence electrons. The van der Waals surface area contributed by atoms with E-state index in [2.05, 4.69) is 5.32 Å². The molecule has 2 amide bonds. The van der Waals surface area contributed by atoms with Gasteiger partial charge in [0.2, 0.25) is 0 Å². The Bertz CT molecular complexity index is 569. The van der Waals surface area contributed by atoms with Crippen LogP contribution in [-0.4, -0.2) is 49.2 Å². The Labute approximate surface area is 153 Å². The van der Waals surface area contributed by atoms with Gasteiger partial charge in [0, 0.05) is 24.2 Å². The average molecular weight is 369 g/mol. The number of amides is 2. The van der Waals surface area contributed by atoms with Gasteiger partial charge in [-0.25, -0.2) is 4.79 Å². The minimum absolute atomic E-state index is 0.0434. The standard InChI is InChI=1S/C18H25ClN2O4/c1-13(2)11-25-18(23)21-9-7-15(8-10-21)20-17(22)12-24-16-5-3-14(19)4-6-16/h3-6,13,15H,7-12H2,1-2H3,(H,20,22). The molecular weight excluding hydrogens is 344 g/mol. The molecule has 1 aliphatic rings. The summed E-state index contributed by atoms with van der Waals surface area (Å²) < 4.78 is 10.6. The SMILES string of the molecule is CC(C)COC(=O)N1CCC(NC(=O)COc2ccc(Cl)cc2)CC1. The molecular formula is C18H25ClN2O4. The Morgan fingerprint density at radius 2 is 1.88 bits per heavy atom. The Balaban J connectivity index is 1.66. The van der Waals surface area contributed by atoms with Crippen molar-refractivity contribution in [1.82, 2.24) is 10.2 Å². The topological polar surface area (TPSA) is 67.9 Å². The summed E-state index contributed by atoms with van der Waals surface area (Å²) in [5.41, 5.74) is 0. The zero-order valence-electron chi connectivity index (χ0n) is 14.7. The maximum atomic E-state index is 12.0. The summed E-state index contributed by atoms with van der Waals surface area (Å²) >= 11 is 5.80. The highest BCUT2D eigenvalue weighted by atomic mass is 35.5. The third kappa shape index (κ3) is 6.82. The molecule has 0 saturated carbocycles. The monoisotopic (exact) mass is 368 g/mol. The van der Waals surface area contributed by atoms with E-state index in [-0.39, 0.29) is 24.6 Å². The molecule has 1 aliphatic heterocycles. The van der Waals surface area contributed by atoms with Crippen LogP contribution in [0.5, 0.6) is 5.75 Å². The molecule has 1 aromatic rings. The largest absolute Gasteiger partial charge is 0.484 e. The first kappa shape index (κ1) is 19.4. The highest BCUT2D eigenvalue weighted by Crippen LogP contribution is 2.15.